The number of sulfonamides is 1. The third-order valence-corrected chi connectivity index (χ3v) is 7.93. The minimum atomic E-state index is -3.20. The molecule has 0 radical (unpaired) electrons. The summed E-state index contributed by atoms with van der Waals surface area (Å²) < 4.78 is 25.9. The number of anilines is 1. The summed E-state index contributed by atoms with van der Waals surface area (Å²) in [6.07, 6.45) is 1.50. The molecule has 1 aliphatic heterocycles. The van der Waals surface area contributed by atoms with Gasteiger partial charge in [-0.1, -0.05) is 6.07 Å². The van der Waals surface area contributed by atoms with Crippen molar-refractivity contribution in [3.8, 4) is 11.3 Å². The third kappa shape index (κ3) is 3.28. The fraction of sp³-hybridized carbons (Fsp3) is 0.333. The molecule has 1 aromatic carbocycles. The van der Waals surface area contributed by atoms with E-state index < -0.39 is 10.0 Å². The van der Waals surface area contributed by atoms with E-state index in [1.807, 2.05) is 19.1 Å². The van der Waals surface area contributed by atoms with Crippen LogP contribution in [0.5, 0.6) is 0 Å². The largest absolute Gasteiger partial charge is 0.270 e. The molecule has 4 rings (SSSR count). The quantitative estimate of drug-likeness (QED) is 0.646. The Hall–Kier alpha value is -1.77. The summed E-state index contributed by atoms with van der Waals surface area (Å²) in [5.74, 6) is 0.125. The monoisotopic (exact) mass is 405 g/mol. The van der Waals surface area contributed by atoms with Gasteiger partial charge in [0.15, 0.2) is 0 Å². The highest BCUT2D eigenvalue weighted by molar-refractivity contribution is 7.92. The highest BCUT2D eigenvalue weighted by Gasteiger charge is 2.28. The summed E-state index contributed by atoms with van der Waals surface area (Å²) in [5, 5.41) is 6.25. The Morgan fingerprint density at radius 2 is 2.04 bits per heavy atom. The summed E-state index contributed by atoms with van der Waals surface area (Å²) in [7, 11) is -3.20. The second-order valence-corrected chi connectivity index (χ2v) is 10.4. The average Bonchev–Trinajstić information content (AvgIpc) is 3.34. The molecule has 26 heavy (non-hydrogen) atoms. The molecular weight excluding hydrogens is 386 g/mol. The molecular formula is C18H19N3O2S3. The minimum absolute atomic E-state index is 0.125. The predicted molar refractivity (Wildman–Crippen MR) is 108 cm³/mol. The molecule has 0 unspecified atom stereocenters. The van der Waals surface area contributed by atoms with Gasteiger partial charge in [0.25, 0.3) is 0 Å². The van der Waals surface area contributed by atoms with Crippen molar-refractivity contribution in [2.24, 2.45) is 0 Å². The Bertz CT molecular complexity index is 1050. The van der Waals surface area contributed by atoms with Crippen molar-refractivity contribution >= 4 is 38.4 Å². The predicted octanol–water partition coefficient (Wildman–Crippen LogP) is 3.88. The average molecular weight is 406 g/mol. The van der Waals surface area contributed by atoms with Crippen LogP contribution in [0, 0.1) is 6.92 Å². The summed E-state index contributed by atoms with van der Waals surface area (Å²) in [6.45, 7) is 4.22. The van der Waals surface area contributed by atoms with E-state index in [1.54, 1.807) is 29.6 Å². The Kier molecular flexibility index (Phi) is 4.58. The van der Waals surface area contributed by atoms with Gasteiger partial charge in [0.05, 0.1) is 32.8 Å². The number of thiazole rings is 2. The maximum Gasteiger partial charge on any atom is 0.234 e. The molecule has 8 heteroatoms. The van der Waals surface area contributed by atoms with Gasteiger partial charge in [0.2, 0.25) is 10.0 Å². The lowest BCUT2D eigenvalue weighted by atomic mass is 10.1. The molecule has 3 heterocycles. The van der Waals surface area contributed by atoms with E-state index in [9.17, 15) is 8.42 Å². The molecule has 1 aliphatic rings. The number of hydrogen-bond donors (Lipinski definition) is 0. The van der Waals surface area contributed by atoms with Crippen LogP contribution in [0.3, 0.4) is 0 Å². The fourth-order valence-electron chi connectivity index (χ4n) is 3.14. The number of hydrogen-bond acceptors (Lipinski definition) is 6. The second kappa shape index (κ2) is 6.75. The topological polar surface area (TPSA) is 63.2 Å². The van der Waals surface area contributed by atoms with Gasteiger partial charge in [-0.15, -0.1) is 22.7 Å². The van der Waals surface area contributed by atoms with E-state index in [0.717, 1.165) is 51.1 Å². The molecule has 0 aliphatic carbocycles. The number of aryl methyl sites for hydroxylation is 1. The van der Waals surface area contributed by atoms with Crippen LogP contribution in [-0.2, 0) is 22.9 Å². The molecule has 0 spiro atoms. The molecule has 5 nitrogen and oxygen atoms in total. The summed E-state index contributed by atoms with van der Waals surface area (Å²) in [6, 6.07) is 5.95. The van der Waals surface area contributed by atoms with Crippen molar-refractivity contribution < 1.29 is 8.42 Å². The molecule has 136 valence electrons. The molecule has 0 saturated heterocycles. The molecule has 3 aromatic rings. The number of rotatable bonds is 5. The maximum absolute atomic E-state index is 12.2. The summed E-state index contributed by atoms with van der Waals surface area (Å²) in [5.41, 5.74) is 4.92. The fourth-order valence-corrected chi connectivity index (χ4v) is 5.73. The first kappa shape index (κ1) is 17.6. The van der Waals surface area contributed by atoms with Gasteiger partial charge in [-0.05, 0) is 38.0 Å². The standard InChI is InChI=1S/C18H19N3O2S3/c1-3-26(22,23)21-7-6-14-8-13(4-5-17(14)21)16-11-25-18(20-16)9-15-10-24-12(2)19-15/h4-5,8,10-11H,3,6-7,9H2,1-2H3. The second-order valence-electron chi connectivity index (χ2n) is 6.23. The first-order chi connectivity index (χ1) is 12.5. The van der Waals surface area contributed by atoms with Crippen LogP contribution in [0.25, 0.3) is 11.3 Å². The first-order valence-electron chi connectivity index (χ1n) is 8.45. The molecule has 0 amide bonds. The van der Waals surface area contributed by atoms with Crippen LogP contribution in [0.4, 0.5) is 5.69 Å². The first-order valence-corrected chi connectivity index (χ1v) is 11.8. The number of nitrogens with zero attached hydrogens (tertiary/aromatic N) is 3. The zero-order chi connectivity index (χ0) is 18.3. The normalized spacial score (nSPS) is 14.0. The van der Waals surface area contributed by atoms with E-state index in [1.165, 1.54) is 4.31 Å². The van der Waals surface area contributed by atoms with Crippen LogP contribution >= 0.6 is 22.7 Å². The SMILES string of the molecule is CCS(=O)(=O)N1CCc2cc(-c3csc(Cc4csc(C)n4)n3)ccc21. The van der Waals surface area contributed by atoms with Crippen molar-refractivity contribution in [1.29, 1.82) is 0 Å². The molecule has 2 aromatic heterocycles. The Labute approximate surface area is 161 Å². The Morgan fingerprint density at radius 3 is 2.77 bits per heavy atom. The van der Waals surface area contributed by atoms with E-state index in [0.29, 0.717) is 6.54 Å². The number of fused-ring (bicyclic) bond motifs is 1. The molecule has 0 N–H and O–H groups in total. The zero-order valence-electron chi connectivity index (χ0n) is 14.6. The van der Waals surface area contributed by atoms with Gasteiger partial charge in [-0.3, -0.25) is 4.31 Å². The van der Waals surface area contributed by atoms with E-state index >= 15 is 0 Å². The lowest BCUT2D eigenvalue weighted by molar-refractivity contribution is 0.593. The van der Waals surface area contributed by atoms with Crippen LogP contribution < -0.4 is 4.31 Å². The van der Waals surface area contributed by atoms with Crippen molar-refractivity contribution in [2.75, 3.05) is 16.6 Å². The molecule has 0 bridgehead atoms. The smallest absolute Gasteiger partial charge is 0.234 e. The van der Waals surface area contributed by atoms with E-state index in [4.69, 9.17) is 4.98 Å². The van der Waals surface area contributed by atoms with Gasteiger partial charge in [0, 0.05) is 29.3 Å². The highest BCUT2D eigenvalue weighted by Crippen LogP contribution is 2.34. The van der Waals surface area contributed by atoms with Crippen LogP contribution in [0.2, 0.25) is 0 Å². The lowest BCUT2D eigenvalue weighted by Gasteiger charge is -2.18. The van der Waals surface area contributed by atoms with Gasteiger partial charge in [-0.2, -0.15) is 0 Å². The van der Waals surface area contributed by atoms with Crippen LogP contribution in [0.15, 0.2) is 29.0 Å². The van der Waals surface area contributed by atoms with Crippen molar-refractivity contribution in [1.82, 2.24) is 9.97 Å². The van der Waals surface area contributed by atoms with E-state index in [-0.39, 0.29) is 5.75 Å². The van der Waals surface area contributed by atoms with Gasteiger partial charge >= 0.3 is 0 Å². The Morgan fingerprint density at radius 1 is 1.19 bits per heavy atom. The van der Waals surface area contributed by atoms with Crippen molar-refractivity contribution in [3.05, 3.63) is 50.2 Å². The van der Waals surface area contributed by atoms with Crippen LogP contribution in [-0.4, -0.2) is 30.7 Å². The minimum Gasteiger partial charge on any atom is -0.270 e. The molecule has 0 saturated carbocycles. The number of aromatic nitrogens is 2. The summed E-state index contributed by atoms with van der Waals surface area (Å²) in [4.78, 5) is 9.24. The maximum atomic E-state index is 12.2. The third-order valence-electron chi connectivity index (χ3n) is 4.48. The number of benzene rings is 1. The van der Waals surface area contributed by atoms with Gasteiger partial charge in [0.1, 0.15) is 0 Å². The zero-order valence-corrected chi connectivity index (χ0v) is 17.0. The van der Waals surface area contributed by atoms with Gasteiger partial charge < -0.3 is 0 Å². The lowest BCUT2D eigenvalue weighted by Crippen LogP contribution is -2.30. The molecule has 0 fully saturated rings. The molecule has 0 atom stereocenters. The summed E-state index contributed by atoms with van der Waals surface area (Å²) >= 11 is 3.29. The van der Waals surface area contributed by atoms with Crippen molar-refractivity contribution in [2.45, 2.75) is 26.7 Å². The van der Waals surface area contributed by atoms with Crippen LogP contribution in [0.1, 0.15) is 28.2 Å². The Balaban J connectivity index is 1.58. The van der Waals surface area contributed by atoms with E-state index in [2.05, 4.69) is 21.8 Å². The van der Waals surface area contributed by atoms with Gasteiger partial charge in [-0.25, -0.2) is 18.4 Å². The van der Waals surface area contributed by atoms with Crippen molar-refractivity contribution in [3.63, 3.8) is 0 Å². The highest BCUT2D eigenvalue weighted by atomic mass is 32.2.